The number of hydrogen-bond donors (Lipinski definition) is 2. The van der Waals surface area contributed by atoms with Crippen molar-refractivity contribution in [1.29, 1.82) is 0 Å². The summed E-state index contributed by atoms with van der Waals surface area (Å²) in [7, 11) is 0. The Morgan fingerprint density at radius 2 is 2.16 bits per heavy atom. The first kappa shape index (κ1) is 13.4. The molecule has 6 heteroatoms. The van der Waals surface area contributed by atoms with Gasteiger partial charge in [-0.05, 0) is 32.0 Å². The number of aromatic hydroxyl groups is 1. The molecule has 0 bridgehead atoms. The number of aromatic nitrogens is 2. The minimum atomic E-state index is -0.428. The molecule has 1 aromatic heterocycles. The van der Waals surface area contributed by atoms with Crippen LogP contribution in [0.1, 0.15) is 30.2 Å². The van der Waals surface area contributed by atoms with E-state index in [1.807, 2.05) is 13.8 Å². The molecule has 0 unspecified atom stereocenters. The number of phenols is 1. The van der Waals surface area contributed by atoms with E-state index in [1.165, 1.54) is 18.2 Å². The van der Waals surface area contributed by atoms with Crippen molar-refractivity contribution in [2.24, 2.45) is 0 Å². The maximum Gasteiger partial charge on any atom is 0.260 e. The van der Waals surface area contributed by atoms with Crippen LogP contribution >= 0.6 is 11.6 Å². The van der Waals surface area contributed by atoms with Crippen LogP contribution in [0.2, 0.25) is 5.02 Å². The minimum absolute atomic E-state index is 0.113. The van der Waals surface area contributed by atoms with Crippen molar-refractivity contribution >= 4 is 23.3 Å². The molecule has 1 aromatic carbocycles. The molecule has 0 radical (unpaired) electrons. The molecule has 1 amide bonds. The molecule has 0 saturated carbocycles. The Morgan fingerprint density at radius 3 is 2.84 bits per heavy atom. The quantitative estimate of drug-likeness (QED) is 0.907. The van der Waals surface area contributed by atoms with Crippen molar-refractivity contribution in [2.45, 2.75) is 19.9 Å². The van der Waals surface area contributed by atoms with Gasteiger partial charge < -0.3 is 10.4 Å². The fourth-order valence-electron chi connectivity index (χ4n) is 1.70. The fourth-order valence-corrected chi connectivity index (χ4v) is 1.87. The number of rotatable bonds is 3. The van der Waals surface area contributed by atoms with Crippen LogP contribution in [-0.2, 0) is 0 Å². The number of hydrogen-bond acceptors (Lipinski definition) is 3. The SMILES string of the molecule is CC(C)n1nccc1NC(=O)c1cc(Cl)ccc1O. The predicted molar refractivity (Wildman–Crippen MR) is 73.7 cm³/mol. The third-order valence-corrected chi connectivity index (χ3v) is 2.84. The van der Waals surface area contributed by atoms with Gasteiger partial charge in [-0.3, -0.25) is 4.79 Å². The maximum atomic E-state index is 12.1. The van der Waals surface area contributed by atoms with Gasteiger partial charge in [-0.15, -0.1) is 0 Å². The number of carbonyl (C=O) groups is 1. The highest BCUT2D eigenvalue weighted by Crippen LogP contribution is 2.23. The molecule has 2 rings (SSSR count). The van der Waals surface area contributed by atoms with E-state index in [-0.39, 0.29) is 17.4 Å². The fraction of sp³-hybridized carbons (Fsp3) is 0.231. The average molecular weight is 280 g/mol. The molecule has 0 atom stereocenters. The summed E-state index contributed by atoms with van der Waals surface area (Å²) >= 11 is 5.82. The summed E-state index contributed by atoms with van der Waals surface area (Å²) in [5.41, 5.74) is 0.129. The second-order valence-corrected chi connectivity index (χ2v) is 4.81. The molecule has 19 heavy (non-hydrogen) atoms. The van der Waals surface area contributed by atoms with Gasteiger partial charge in [-0.2, -0.15) is 5.10 Å². The Bertz CT molecular complexity index is 608. The number of benzene rings is 1. The lowest BCUT2D eigenvalue weighted by molar-refractivity contribution is 0.102. The van der Waals surface area contributed by atoms with E-state index in [4.69, 9.17) is 11.6 Å². The van der Waals surface area contributed by atoms with Crippen LogP contribution in [0.5, 0.6) is 5.75 Å². The highest BCUT2D eigenvalue weighted by atomic mass is 35.5. The van der Waals surface area contributed by atoms with E-state index >= 15 is 0 Å². The first-order chi connectivity index (χ1) is 8.99. The van der Waals surface area contributed by atoms with E-state index in [1.54, 1.807) is 16.9 Å². The van der Waals surface area contributed by atoms with Crippen molar-refractivity contribution in [2.75, 3.05) is 5.32 Å². The lowest BCUT2D eigenvalue weighted by Gasteiger charge is -2.12. The molecular formula is C13H14ClN3O2. The van der Waals surface area contributed by atoms with Gasteiger partial charge in [0.25, 0.3) is 5.91 Å². The van der Waals surface area contributed by atoms with Gasteiger partial charge in [-0.25, -0.2) is 4.68 Å². The van der Waals surface area contributed by atoms with Crippen LogP contribution in [0, 0.1) is 0 Å². The highest BCUT2D eigenvalue weighted by molar-refractivity contribution is 6.31. The minimum Gasteiger partial charge on any atom is -0.507 e. The van der Waals surface area contributed by atoms with E-state index in [0.29, 0.717) is 10.8 Å². The standard InChI is InChI=1S/C13H14ClN3O2/c1-8(2)17-12(5-6-15-17)16-13(19)10-7-9(14)3-4-11(10)18/h3-8,18H,1-2H3,(H,16,19). The van der Waals surface area contributed by atoms with E-state index in [0.717, 1.165) is 0 Å². The maximum absolute atomic E-state index is 12.1. The first-order valence-corrected chi connectivity index (χ1v) is 6.20. The Hall–Kier alpha value is -2.01. The Balaban J connectivity index is 2.26. The van der Waals surface area contributed by atoms with Gasteiger partial charge in [0.05, 0.1) is 11.8 Å². The second-order valence-electron chi connectivity index (χ2n) is 4.37. The zero-order valence-corrected chi connectivity index (χ0v) is 11.3. The van der Waals surface area contributed by atoms with Crippen LogP contribution in [0.15, 0.2) is 30.5 Å². The van der Waals surface area contributed by atoms with E-state index in [9.17, 15) is 9.90 Å². The summed E-state index contributed by atoms with van der Waals surface area (Å²) in [6.07, 6.45) is 1.60. The Morgan fingerprint density at radius 1 is 1.42 bits per heavy atom. The van der Waals surface area contributed by atoms with Crippen LogP contribution in [0.3, 0.4) is 0 Å². The monoisotopic (exact) mass is 279 g/mol. The predicted octanol–water partition coefficient (Wildman–Crippen LogP) is 3.08. The van der Waals surface area contributed by atoms with Crippen LogP contribution in [0.4, 0.5) is 5.82 Å². The number of nitrogens with zero attached hydrogens (tertiary/aromatic N) is 2. The smallest absolute Gasteiger partial charge is 0.260 e. The molecule has 0 aliphatic carbocycles. The van der Waals surface area contributed by atoms with Crippen molar-refractivity contribution in [1.82, 2.24) is 9.78 Å². The summed E-state index contributed by atoms with van der Waals surface area (Å²) < 4.78 is 1.68. The third kappa shape index (κ3) is 2.88. The molecule has 0 fully saturated rings. The van der Waals surface area contributed by atoms with Crippen LogP contribution in [-0.4, -0.2) is 20.8 Å². The van der Waals surface area contributed by atoms with Crippen molar-refractivity contribution in [3.8, 4) is 5.75 Å². The van der Waals surface area contributed by atoms with Crippen LogP contribution < -0.4 is 5.32 Å². The highest BCUT2D eigenvalue weighted by Gasteiger charge is 2.14. The third-order valence-electron chi connectivity index (χ3n) is 2.60. The Kier molecular flexibility index (Phi) is 3.76. The van der Waals surface area contributed by atoms with Gasteiger partial charge in [0.2, 0.25) is 0 Å². The summed E-state index contributed by atoms with van der Waals surface area (Å²) in [5, 5.41) is 16.9. The van der Waals surface area contributed by atoms with Gasteiger partial charge >= 0.3 is 0 Å². The zero-order valence-electron chi connectivity index (χ0n) is 10.6. The number of carbonyl (C=O) groups excluding carboxylic acids is 1. The second kappa shape index (κ2) is 5.32. The molecule has 100 valence electrons. The van der Waals surface area contributed by atoms with Gasteiger partial charge in [-0.1, -0.05) is 11.6 Å². The van der Waals surface area contributed by atoms with Crippen LogP contribution in [0.25, 0.3) is 0 Å². The van der Waals surface area contributed by atoms with Gasteiger partial charge in [0.15, 0.2) is 0 Å². The number of amides is 1. The van der Waals surface area contributed by atoms with Crippen molar-refractivity contribution < 1.29 is 9.90 Å². The number of anilines is 1. The summed E-state index contributed by atoms with van der Waals surface area (Å²) in [6, 6.07) is 6.14. The summed E-state index contributed by atoms with van der Waals surface area (Å²) in [5.74, 6) is 0.0271. The van der Waals surface area contributed by atoms with E-state index in [2.05, 4.69) is 10.4 Å². The summed E-state index contributed by atoms with van der Waals surface area (Å²) in [4.78, 5) is 12.1. The molecule has 2 N–H and O–H groups in total. The number of nitrogens with one attached hydrogen (secondary N) is 1. The molecule has 5 nitrogen and oxygen atoms in total. The number of phenolic OH excluding ortho intramolecular Hbond substituents is 1. The molecule has 0 aliphatic heterocycles. The molecule has 2 aromatic rings. The average Bonchev–Trinajstić information content (AvgIpc) is 2.80. The van der Waals surface area contributed by atoms with Crippen molar-refractivity contribution in [3.63, 3.8) is 0 Å². The van der Waals surface area contributed by atoms with Crippen molar-refractivity contribution in [3.05, 3.63) is 41.0 Å². The zero-order chi connectivity index (χ0) is 14.0. The summed E-state index contributed by atoms with van der Waals surface area (Å²) in [6.45, 7) is 3.92. The van der Waals surface area contributed by atoms with Gasteiger partial charge in [0, 0.05) is 17.1 Å². The molecule has 0 spiro atoms. The first-order valence-electron chi connectivity index (χ1n) is 5.82. The normalized spacial score (nSPS) is 10.7. The lowest BCUT2D eigenvalue weighted by Crippen LogP contribution is -2.16. The molecule has 0 aliphatic rings. The Labute approximate surface area is 115 Å². The molecule has 1 heterocycles. The molecule has 0 saturated heterocycles. The van der Waals surface area contributed by atoms with E-state index < -0.39 is 5.91 Å². The number of halogens is 1. The lowest BCUT2D eigenvalue weighted by atomic mass is 10.2. The molecular weight excluding hydrogens is 266 g/mol. The van der Waals surface area contributed by atoms with Gasteiger partial charge in [0.1, 0.15) is 11.6 Å². The largest absolute Gasteiger partial charge is 0.507 e. The topological polar surface area (TPSA) is 67.2 Å².